The topological polar surface area (TPSA) is 47.3 Å². The predicted octanol–water partition coefficient (Wildman–Crippen LogP) is 2.90. The van der Waals surface area contributed by atoms with Crippen LogP contribution in [0.5, 0.6) is 5.75 Å². The molecule has 0 aliphatic heterocycles. The van der Waals surface area contributed by atoms with Crippen molar-refractivity contribution in [3.8, 4) is 5.75 Å². The zero-order valence-corrected chi connectivity index (χ0v) is 13.4. The molecule has 0 fully saturated rings. The van der Waals surface area contributed by atoms with Crippen molar-refractivity contribution in [1.29, 1.82) is 0 Å². The Labute approximate surface area is 130 Å². The van der Waals surface area contributed by atoms with Gasteiger partial charge in [-0.3, -0.25) is 0 Å². The Hall–Kier alpha value is -1.63. The molecule has 6 heteroatoms. The number of hydrogen-bond donors (Lipinski definition) is 1. The van der Waals surface area contributed by atoms with Crippen molar-refractivity contribution in [2.24, 2.45) is 0 Å². The highest BCUT2D eigenvalue weighted by molar-refractivity contribution is 7.09. The van der Waals surface area contributed by atoms with Crippen molar-refractivity contribution in [3.05, 3.63) is 47.1 Å². The fraction of sp³-hybridized carbons (Fsp3) is 0.267. The molecule has 107 valence electrons. The quantitative estimate of drug-likeness (QED) is 0.711. The van der Waals surface area contributed by atoms with Gasteiger partial charge in [0.15, 0.2) is 11.3 Å². The number of fused-ring (bicyclic) bond motifs is 1. The maximum Gasteiger partial charge on any atom is 0.175 e. The normalized spacial score (nSPS) is 14.2. The summed E-state index contributed by atoms with van der Waals surface area (Å²) in [5.41, 5.74) is 0.751. The minimum absolute atomic E-state index is 0.668. The molecular weight excluding hydrogens is 300 g/mol. The van der Waals surface area contributed by atoms with Crippen molar-refractivity contribution >= 4 is 32.5 Å². The maximum atomic E-state index is 6.25. The number of furan rings is 1. The Morgan fingerprint density at radius 1 is 1.43 bits per heavy atom. The number of thiazole rings is 1. The fourth-order valence-electron chi connectivity index (χ4n) is 2.16. The van der Waals surface area contributed by atoms with Crippen LogP contribution < -0.4 is 10.1 Å². The zero-order valence-electron chi connectivity index (χ0n) is 11.6. The highest BCUT2D eigenvalue weighted by atomic mass is 32.1. The van der Waals surface area contributed by atoms with Gasteiger partial charge in [-0.15, -0.1) is 11.3 Å². The first kappa shape index (κ1) is 14.3. The first-order chi connectivity index (χ1) is 10.2. The molecule has 0 amide bonds. The Kier molecular flexibility index (Phi) is 4.09. The molecule has 0 saturated heterocycles. The summed E-state index contributed by atoms with van der Waals surface area (Å²) in [7, 11) is 5.71. The first-order valence-electron chi connectivity index (χ1n) is 6.68. The summed E-state index contributed by atoms with van der Waals surface area (Å²) in [5.74, 6) is 0.707. The molecule has 0 saturated carbocycles. The molecule has 0 aliphatic carbocycles. The fourth-order valence-corrected chi connectivity index (χ4v) is 3.34. The van der Waals surface area contributed by atoms with Gasteiger partial charge in [0, 0.05) is 23.4 Å². The molecule has 3 aromatic rings. The van der Waals surface area contributed by atoms with Gasteiger partial charge in [0.2, 0.25) is 0 Å². The SMILES string of the molecule is CNCC[C@@]([Si])(Oc1cccc2ccoc12)c1nccs1. The number of hydrogen-bond acceptors (Lipinski definition) is 5. The lowest BCUT2D eigenvalue weighted by Gasteiger charge is -2.29. The number of para-hydroxylation sites is 1. The van der Waals surface area contributed by atoms with Gasteiger partial charge in [-0.2, -0.15) is 0 Å². The van der Waals surface area contributed by atoms with E-state index in [0.717, 1.165) is 28.9 Å². The van der Waals surface area contributed by atoms with E-state index in [4.69, 9.17) is 9.15 Å². The third-order valence-corrected chi connectivity index (χ3v) is 4.92. The minimum Gasteiger partial charge on any atom is -0.481 e. The smallest absolute Gasteiger partial charge is 0.175 e. The molecule has 0 bridgehead atoms. The number of benzene rings is 1. The molecule has 1 N–H and O–H groups in total. The second kappa shape index (κ2) is 6.01. The molecule has 2 heterocycles. The standard InChI is InChI=1S/C15H15N2O2SSi/c1-16-7-6-15(21,14-17-8-10-20-14)19-12-4-2-3-11-5-9-18-13(11)12/h2-5,8-10,16H,6-7H2,1H3/t15-/m0/s1. The summed E-state index contributed by atoms with van der Waals surface area (Å²) in [5, 5.41) is 6.33. The average Bonchev–Trinajstić information content (AvgIpc) is 3.16. The van der Waals surface area contributed by atoms with E-state index in [1.807, 2.05) is 36.7 Å². The van der Waals surface area contributed by atoms with Gasteiger partial charge in [0.25, 0.3) is 0 Å². The minimum atomic E-state index is -0.668. The van der Waals surface area contributed by atoms with E-state index in [1.165, 1.54) is 0 Å². The Morgan fingerprint density at radius 3 is 3.10 bits per heavy atom. The molecule has 1 atom stereocenters. The third kappa shape index (κ3) is 2.88. The van der Waals surface area contributed by atoms with E-state index in [2.05, 4.69) is 20.5 Å². The lowest BCUT2D eigenvalue weighted by Crippen LogP contribution is -2.36. The molecule has 3 rings (SSSR count). The van der Waals surface area contributed by atoms with Gasteiger partial charge >= 0.3 is 0 Å². The Morgan fingerprint density at radius 2 is 2.33 bits per heavy atom. The van der Waals surface area contributed by atoms with Crippen molar-refractivity contribution < 1.29 is 9.15 Å². The highest BCUT2D eigenvalue weighted by Crippen LogP contribution is 2.34. The van der Waals surface area contributed by atoms with Crippen LogP contribution >= 0.6 is 11.3 Å². The van der Waals surface area contributed by atoms with E-state index in [0.29, 0.717) is 5.75 Å². The summed E-state index contributed by atoms with van der Waals surface area (Å²) in [6.45, 7) is 0.803. The molecule has 0 unspecified atom stereocenters. The molecule has 4 nitrogen and oxygen atoms in total. The van der Waals surface area contributed by atoms with Crippen molar-refractivity contribution in [3.63, 3.8) is 0 Å². The lowest BCUT2D eigenvalue weighted by molar-refractivity contribution is 0.147. The number of ether oxygens (including phenoxy) is 1. The predicted molar refractivity (Wildman–Crippen MR) is 84.9 cm³/mol. The monoisotopic (exact) mass is 315 g/mol. The Bertz CT molecular complexity index is 713. The lowest BCUT2D eigenvalue weighted by atomic mass is 10.2. The molecular formula is C15H15N2O2SSi. The maximum absolute atomic E-state index is 6.25. The number of rotatable bonds is 6. The number of nitrogens with zero attached hydrogens (tertiary/aromatic N) is 1. The van der Waals surface area contributed by atoms with Crippen LogP contribution in [0.4, 0.5) is 0 Å². The molecule has 21 heavy (non-hydrogen) atoms. The van der Waals surface area contributed by atoms with Gasteiger partial charge < -0.3 is 14.5 Å². The van der Waals surface area contributed by atoms with Crippen LogP contribution in [0.15, 0.2) is 46.5 Å². The molecule has 3 radical (unpaired) electrons. The summed E-state index contributed by atoms with van der Waals surface area (Å²) in [6.07, 6.45) is 4.19. The third-order valence-electron chi connectivity index (χ3n) is 3.23. The van der Waals surface area contributed by atoms with E-state index in [-0.39, 0.29) is 0 Å². The Balaban J connectivity index is 1.96. The highest BCUT2D eigenvalue weighted by Gasteiger charge is 2.32. The van der Waals surface area contributed by atoms with Gasteiger partial charge in [-0.25, -0.2) is 4.98 Å². The summed E-state index contributed by atoms with van der Waals surface area (Å²) < 4.78 is 11.8. The number of aromatic nitrogens is 1. The van der Waals surface area contributed by atoms with Crippen molar-refractivity contribution in [1.82, 2.24) is 10.3 Å². The van der Waals surface area contributed by atoms with E-state index < -0.39 is 5.22 Å². The van der Waals surface area contributed by atoms with E-state index in [1.54, 1.807) is 23.8 Å². The van der Waals surface area contributed by atoms with Crippen LogP contribution in [0.25, 0.3) is 11.0 Å². The summed E-state index contributed by atoms with van der Waals surface area (Å²) >= 11 is 1.56. The molecule has 0 aliphatic rings. The summed E-state index contributed by atoms with van der Waals surface area (Å²) in [6, 6.07) is 7.79. The van der Waals surface area contributed by atoms with Crippen LogP contribution in [0.3, 0.4) is 0 Å². The second-order valence-corrected chi connectivity index (χ2v) is 6.42. The van der Waals surface area contributed by atoms with Crippen molar-refractivity contribution in [2.45, 2.75) is 11.6 Å². The van der Waals surface area contributed by atoms with E-state index in [9.17, 15) is 0 Å². The van der Waals surface area contributed by atoms with Crippen LogP contribution in [0.2, 0.25) is 0 Å². The van der Waals surface area contributed by atoms with Crippen molar-refractivity contribution in [2.75, 3.05) is 13.6 Å². The van der Waals surface area contributed by atoms with Gasteiger partial charge in [-0.1, -0.05) is 12.1 Å². The average molecular weight is 315 g/mol. The van der Waals surface area contributed by atoms with Crippen LogP contribution in [0, 0.1) is 0 Å². The largest absolute Gasteiger partial charge is 0.481 e. The second-order valence-electron chi connectivity index (χ2n) is 4.71. The van der Waals surface area contributed by atoms with Gasteiger partial charge in [0.05, 0.1) is 16.5 Å². The molecule has 0 spiro atoms. The molecule has 1 aromatic carbocycles. The van der Waals surface area contributed by atoms with Crippen LogP contribution in [-0.4, -0.2) is 28.8 Å². The van der Waals surface area contributed by atoms with Crippen LogP contribution in [0.1, 0.15) is 11.4 Å². The van der Waals surface area contributed by atoms with Gasteiger partial charge in [0.1, 0.15) is 10.2 Å². The number of nitrogens with one attached hydrogen (secondary N) is 1. The zero-order chi connectivity index (χ0) is 14.7. The van der Waals surface area contributed by atoms with Crippen LogP contribution in [-0.2, 0) is 5.22 Å². The van der Waals surface area contributed by atoms with Gasteiger partial charge in [-0.05, 0) is 25.7 Å². The molecule has 2 aromatic heterocycles. The first-order valence-corrected chi connectivity index (χ1v) is 8.06. The summed E-state index contributed by atoms with van der Waals surface area (Å²) in [4.78, 5) is 4.39. The van der Waals surface area contributed by atoms with E-state index >= 15 is 0 Å².